The monoisotopic (exact) mass is 600 g/mol. The summed E-state index contributed by atoms with van der Waals surface area (Å²) in [6.07, 6.45) is 0.990. The normalized spacial score (nSPS) is 20.9. The van der Waals surface area contributed by atoms with Crippen LogP contribution in [-0.2, 0) is 41.6 Å². The van der Waals surface area contributed by atoms with E-state index in [2.05, 4.69) is 59.6 Å². The number of piperidine rings is 1. The van der Waals surface area contributed by atoms with Gasteiger partial charge in [-0.05, 0) is 35.2 Å². The van der Waals surface area contributed by atoms with E-state index < -0.39 is 0 Å². The maximum atomic E-state index is 6.70. The van der Waals surface area contributed by atoms with E-state index in [-0.39, 0.29) is 17.9 Å². The zero-order valence-electron chi connectivity index (χ0n) is 26.6. The summed E-state index contributed by atoms with van der Waals surface area (Å²) in [5.41, 5.74) is 4.72. The number of methoxy groups -OCH3 is 3. The van der Waals surface area contributed by atoms with E-state index in [1.54, 1.807) is 21.3 Å². The Balaban J connectivity index is 1.43. The molecule has 1 N–H and O–H groups in total. The Hall–Kier alpha value is -2.24. The summed E-state index contributed by atoms with van der Waals surface area (Å²) in [7, 11) is 5.18. The van der Waals surface area contributed by atoms with Gasteiger partial charge in [0.15, 0.2) is 0 Å². The molecule has 1 saturated heterocycles. The summed E-state index contributed by atoms with van der Waals surface area (Å²) in [6.45, 7) is 11.4. The first-order valence-electron chi connectivity index (χ1n) is 15.7. The molecule has 9 heteroatoms. The lowest BCUT2D eigenvalue weighted by Crippen LogP contribution is -2.48. The van der Waals surface area contributed by atoms with Crippen LogP contribution in [0.15, 0.2) is 42.5 Å². The number of hydrogen-bond acceptors (Lipinski definition) is 9. The largest absolute Gasteiger partial charge is 0.490 e. The van der Waals surface area contributed by atoms with Crippen LogP contribution in [0.4, 0.5) is 5.69 Å². The van der Waals surface area contributed by atoms with Crippen LogP contribution in [0.3, 0.4) is 0 Å². The number of fused-ring (bicyclic) bond motifs is 1. The molecule has 2 aromatic rings. The lowest BCUT2D eigenvalue weighted by Gasteiger charge is -2.39. The van der Waals surface area contributed by atoms with Gasteiger partial charge in [0.1, 0.15) is 12.4 Å². The van der Waals surface area contributed by atoms with Crippen LogP contribution in [0.2, 0.25) is 0 Å². The van der Waals surface area contributed by atoms with Crippen molar-refractivity contribution in [1.82, 2.24) is 5.32 Å². The maximum absolute atomic E-state index is 6.70. The van der Waals surface area contributed by atoms with Gasteiger partial charge in [0.05, 0.1) is 64.6 Å². The predicted molar refractivity (Wildman–Crippen MR) is 168 cm³/mol. The number of hydrogen-bond donors (Lipinski definition) is 1. The van der Waals surface area contributed by atoms with Gasteiger partial charge in [-0.1, -0.05) is 37.3 Å². The molecule has 0 unspecified atom stereocenters. The third kappa shape index (κ3) is 10.4. The van der Waals surface area contributed by atoms with Crippen molar-refractivity contribution < 1.29 is 33.2 Å². The molecule has 0 amide bonds. The zero-order valence-corrected chi connectivity index (χ0v) is 26.6. The van der Waals surface area contributed by atoms with Crippen LogP contribution >= 0.6 is 0 Å². The first-order valence-corrected chi connectivity index (χ1v) is 15.7. The standard InChI is InChI=1S/C34H52N2O7/c1-26(21-39-4)22-41-23-27-6-9-29(10-7-27)34-30(25-40-17-16-38-3)19-35-20-33(34)43-24-28-8-11-32-31(18-28)36(13-15-42-32)12-5-14-37-2/h6-11,18,26,30,33-35H,5,12-17,19-25H2,1-4H3/t26-,30-,33-,34-/m0/s1. The molecule has 0 aliphatic carbocycles. The average molecular weight is 601 g/mol. The van der Waals surface area contributed by atoms with Gasteiger partial charge < -0.3 is 43.4 Å². The fourth-order valence-electron chi connectivity index (χ4n) is 5.95. The Labute approximate surface area is 258 Å². The highest BCUT2D eigenvalue weighted by Gasteiger charge is 2.35. The molecule has 2 heterocycles. The van der Waals surface area contributed by atoms with Gasteiger partial charge >= 0.3 is 0 Å². The van der Waals surface area contributed by atoms with Crippen molar-refractivity contribution in [2.24, 2.45) is 11.8 Å². The fraction of sp³-hybridized carbons (Fsp3) is 0.647. The summed E-state index contributed by atoms with van der Waals surface area (Å²) in [5, 5.41) is 3.60. The minimum Gasteiger partial charge on any atom is -0.490 e. The first kappa shape index (κ1) is 33.6. The number of nitrogens with one attached hydrogen (secondary N) is 1. The molecule has 0 radical (unpaired) electrons. The molecule has 1 fully saturated rings. The minimum atomic E-state index is 0.00635. The summed E-state index contributed by atoms with van der Waals surface area (Å²) >= 11 is 0. The van der Waals surface area contributed by atoms with E-state index >= 15 is 0 Å². The van der Waals surface area contributed by atoms with E-state index in [0.29, 0.717) is 58.8 Å². The Morgan fingerprint density at radius 3 is 2.49 bits per heavy atom. The third-order valence-electron chi connectivity index (χ3n) is 8.13. The van der Waals surface area contributed by atoms with Gasteiger partial charge in [-0.25, -0.2) is 0 Å². The zero-order chi connectivity index (χ0) is 30.3. The SMILES string of the molecule is COCCCN1CCOc2ccc(CO[C@H]3CNC[C@@H](COCCOC)[C@@H]3c3ccc(COC[C@@H](C)COC)cc3)cc21. The van der Waals surface area contributed by atoms with Gasteiger partial charge in [-0.2, -0.15) is 0 Å². The second-order valence-electron chi connectivity index (χ2n) is 11.7. The maximum Gasteiger partial charge on any atom is 0.142 e. The van der Waals surface area contributed by atoms with Crippen LogP contribution in [0, 0.1) is 11.8 Å². The van der Waals surface area contributed by atoms with Crippen LogP contribution in [0.1, 0.15) is 36.0 Å². The van der Waals surface area contributed by atoms with Crippen LogP contribution in [0.5, 0.6) is 5.75 Å². The molecule has 240 valence electrons. The summed E-state index contributed by atoms with van der Waals surface area (Å²) < 4.78 is 40.3. The van der Waals surface area contributed by atoms with Gasteiger partial charge in [0, 0.05) is 65.3 Å². The van der Waals surface area contributed by atoms with Crippen molar-refractivity contribution in [3.8, 4) is 5.75 Å². The molecule has 4 rings (SSSR count). The predicted octanol–water partition coefficient (Wildman–Crippen LogP) is 4.27. The molecule has 0 spiro atoms. The highest BCUT2D eigenvalue weighted by molar-refractivity contribution is 5.61. The summed E-state index contributed by atoms with van der Waals surface area (Å²) in [5.74, 6) is 1.79. The number of rotatable bonds is 19. The second kappa shape index (κ2) is 18.5. The molecule has 9 nitrogen and oxygen atoms in total. The van der Waals surface area contributed by atoms with Crippen LogP contribution in [0.25, 0.3) is 0 Å². The van der Waals surface area contributed by atoms with E-state index in [9.17, 15) is 0 Å². The molecular formula is C34H52N2O7. The van der Waals surface area contributed by atoms with Crippen molar-refractivity contribution >= 4 is 5.69 Å². The van der Waals surface area contributed by atoms with Crippen molar-refractivity contribution in [2.45, 2.75) is 38.6 Å². The molecule has 2 aromatic carbocycles. The van der Waals surface area contributed by atoms with Crippen molar-refractivity contribution in [2.75, 3.05) is 98.7 Å². The summed E-state index contributed by atoms with van der Waals surface area (Å²) in [4.78, 5) is 2.39. The first-order chi connectivity index (χ1) is 21.1. The van der Waals surface area contributed by atoms with E-state index in [1.807, 2.05) is 0 Å². The molecule has 2 aliphatic heterocycles. The van der Waals surface area contributed by atoms with E-state index in [4.69, 9.17) is 33.2 Å². The molecule has 0 bridgehead atoms. The van der Waals surface area contributed by atoms with Crippen LogP contribution in [-0.4, -0.2) is 99.9 Å². The molecule has 0 saturated carbocycles. The molecule has 43 heavy (non-hydrogen) atoms. The lowest BCUT2D eigenvalue weighted by molar-refractivity contribution is -0.0288. The molecule has 2 aliphatic rings. The van der Waals surface area contributed by atoms with Crippen molar-refractivity contribution in [1.29, 1.82) is 0 Å². The molecular weight excluding hydrogens is 548 g/mol. The third-order valence-corrected chi connectivity index (χ3v) is 8.13. The number of nitrogens with zero attached hydrogens (tertiary/aromatic N) is 1. The number of ether oxygens (including phenoxy) is 7. The smallest absolute Gasteiger partial charge is 0.142 e. The average Bonchev–Trinajstić information content (AvgIpc) is 3.03. The molecule has 0 aromatic heterocycles. The van der Waals surface area contributed by atoms with Crippen molar-refractivity contribution in [3.63, 3.8) is 0 Å². The fourth-order valence-corrected chi connectivity index (χ4v) is 5.95. The quantitative estimate of drug-likeness (QED) is 0.238. The van der Waals surface area contributed by atoms with Gasteiger partial charge in [0.2, 0.25) is 0 Å². The number of anilines is 1. The van der Waals surface area contributed by atoms with Crippen molar-refractivity contribution in [3.05, 3.63) is 59.2 Å². The Morgan fingerprint density at radius 2 is 1.70 bits per heavy atom. The highest BCUT2D eigenvalue weighted by Crippen LogP contribution is 2.36. The topological polar surface area (TPSA) is 79.9 Å². The second-order valence-corrected chi connectivity index (χ2v) is 11.7. The van der Waals surface area contributed by atoms with E-state index in [0.717, 1.165) is 56.2 Å². The van der Waals surface area contributed by atoms with Gasteiger partial charge in [-0.15, -0.1) is 0 Å². The van der Waals surface area contributed by atoms with Gasteiger partial charge in [-0.3, -0.25) is 0 Å². The van der Waals surface area contributed by atoms with E-state index in [1.165, 1.54) is 11.1 Å². The minimum absolute atomic E-state index is 0.00635. The Kier molecular flexibility index (Phi) is 14.5. The molecule has 4 atom stereocenters. The van der Waals surface area contributed by atoms with Crippen LogP contribution < -0.4 is 15.0 Å². The highest BCUT2D eigenvalue weighted by atomic mass is 16.5. The Bertz CT molecular complexity index is 1050. The summed E-state index contributed by atoms with van der Waals surface area (Å²) in [6, 6.07) is 15.3. The lowest BCUT2D eigenvalue weighted by atomic mass is 9.79. The Morgan fingerprint density at radius 1 is 0.884 bits per heavy atom. The van der Waals surface area contributed by atoms with Gasteiger partial charge in [0.25, 0.3) is 0 Å². The number of benzene rings is 2.